The SMILES string of the molecule is CCOC(=O)C1=C(C)N=c2s/c(=C/c3cccc(OCC(=O)[O-])c3)c(=O)n2[C@@H]1c1ccc(F)cc1. The molecule has 0 amide bonds. The van der Waals surface area contributed by atoms with Crippen LogP contribution < -0.4 is 24.7 Å². The molecule has 180 valence electrons. The molecule has 0 saturated heterocycles. The maximum atomic E-state index is 13.6. The van der Waals surface area contributed by atoms with Crippen molar-refractivity contribution < 1.29 is 28.6 Å². The van der Waals surface area contributed by atoms with Gasteiger partial charge in [-0.2, -0.15) is 0 Å². The molecule has 0 bridgehead atoms. The van der Waals surface area contributed by atoms with Crippen molar-refractivity contribution >= 4 is 29.4 Å². The maximum absolute atomic E-state index is 13.6. The number of carbonyl (C=O) groups excluding carboxylic acids is 2. The van der Waals surface area contributed by atoms with Crippen LogP contribution in [-0.4, -0.2) is 29.7 Å². The molecule has 10 heteroatoms. The first-order valence-corrected chi connectivity index (χ1v) is 11.5. The summed E-state index contributed by atoms with van der Waals surface area (Å²) in [7, 11) is 0. The molecule has 2 aromatic carbocycles. The molecular formula is C25H20FN2O6S-. The van der Waals surface area contributed by atoms with Gasteiger partial charge in [0.15, 0.2) is 4.80 Å². The molecule has 3 aromatic rings. The molecule has 0 spiro atoms. The Kier molecular flexibility index (Phi) is 6.92. The summed E-state index contributed by atoms with van der Waals surface area (Å²) in [6.45, 7) is 2.89. The molecule has 0 radical (unpaired) electrons. The van der Waals surface area contributed by atoms with Gasteiger partial charge in [0.2, 0.25) is 0 Å². The summed E-state index contributed by atoms with van der Waals surface area (Å²) < 4.78 is 25.7. The summed E-state index contributed by atoms with van der Waals surface area (Å²) in [6, 6.07) is 11.3. The fraction of sp³-hybridized carbons (Fsp3) is 0.200. The van der Waals surface area contributed by atoms with E-state index in [9.17, 15) is 23.9 Å². The predicted octanol–water partition coefficient (Wildman–Crippen LogP) is 1.07. The average Bonchev–Trinajstić information content (AvgIpc) is 3.12. The molecule has 0 fully saturated rings. The number of carboxylic acids is 1. The number of benzene rings is 2. The lowest BCUT2D eigenvalue weighted by Crippen LogP contribution is -2.39. The quantitative estimate of drug-likeness (QED) is 0.454. The lowest BCUT2D eigenvalue weighted by Gasteiger charge is -2.24. The maximum Gasteiger partial charge on any atom is 0.338 e. The van der Waals surface area contributed by atoms with Gasteiger partial charge in [-0.15, -0.1) is 0 Å². The van der Waals surface area contributed by atoms with Crippen LogP contribution in [0.5, 0.6) is 5.75 Å². The van der Waals surface area contributed by atoms with Gasteiger partial charge >= 0.3 is 5.97 Å². The number of carboxylic acid groups (broad SMARTS) is 1. The number of nitrogens with zero attached hydrogens (tertiary/aromatic N) is 2. The van der Waals surface area contributed by atoms with Gasteiger partial charge in [-0.25, -0.2) is 14.2 Å². The van der Waals surface area contributed by atoms with E-state index in [1.54, 1.807) is 44.2 Å². The number of halogens is 1. The van der Waals surface area contributed by atoms with E-state index >= 15 is 0 Å². The average molecular weight is 496 g/mol. The summed E-state index contributed by atoms with van der Waals surface area (Å²) in [5.74, 6) is -2.09. The van der Waals surface area contributed by atoms with Crippen LogP contribution in [0.25, 0.3) is 6.08 Å². The molecule has 4 rings (SSSR count). The number of carbonyl (C=O) groups is 2. The highest BCUT2D eigenvalue weighted by Crippen LogP contribution is 2.30. The fourth-order valence-corrected chi connectivity index (χ4v) is 4.79. The van der Waals surface area contributed by atoms with Crippen molar-refractivity contribution in [2.24, 2.45) is 4.99 Å². The van der Waals surface area contributed by atoms with E-state index in [0.29, 0.717) is 31.9 Å². The zero-order valence-corrected chi connectivity index (χ0v) is 19.6. The minimum Gasteiger partial charge on any atom is -0.546 e. The predicted molar refractivity (Wildman–Crippen MR) is 124 cm³/mol. The number of aromatic nitrogens is 1. The summed E-state index contributed by atoms with van der Waals surface area (Å²) in [5.41, 5.74) is 1.36. The molecule has 0 saturated carbocycles. The first kappa shape index (κ1) is 24.1. The molecule has 0 aliphatic carbocycles. The fourth-order valence-electron chi connectivity index (χ4n) is 3.74. The summed E-state index contributed by atoms with van der Waals surface area (Å²) in [5, 5.41) is 10.7. The lowest BCUT2D eigenvalue weighted by atomic mass is 9.96. The van der Waals surface area contributed by atoms with E-state index in [-0.39, 0.29) is 12.2 Å². The summed E-state index contributed by atoms with van der Waals surface area (Å²) in [4.78, 5) is 41.9. The first-order chi connectivity index (χ1) is 16.8. The second-order valence-electron chi connectivity index (χ2n) is 7.59. The van der Waals surface area contributed by atoms with Crippen LogP contribution in [0.3, 0.4) is 0 Å². The molecular weight excluding hydrogens is 475 g/mol. The standard InChI is InChI=1S/C25H21FN2O6S/c1-3-33-24(32)21-14(2)27-25-28(22(21)16-7-9-17(26)10-8-16)23(31)19(35-25)12-15-5-4-6-18(11-15)34-13-20(29)30/h4-12,22H,3,13H2,1-2H3,(H,29,30)/p-1/b19-12+/t22-/m1/s1. The van der Waals surface area contributed by atoms with Gasteiger partial charge in [0.05, 0.1) is 34.4 Å². The van der Waals surface area contributed by atoms with Crippen molar-refractivity contribution in [1.82, 2.24) is 4.57 Å². The number of rotatable bonds is 7. The van der Waals surface area contributed by atoms with E-state index in [0.717, 1.165) is 11.3 Å². The zero-order chi connectivity index (χ0) is 25.1. The zero-order valence-electron chi connectivity index (χ0n) is 18.8. The molecule has 0 N–H and O–H groups in total. The Labute approximate surface area is 202 Å². The van der Waals surface area contributed by atoms with Gasteiger partial charge in [0, 0.05) is 0 Å². The molecule has 2 heterocycles. The van der Waals surface area contributed by atoms with Crippen LogP contribution in [0.4, 0.5) is 4.39 Å². The van der Waals surface area contributed by atoms with Crippen molar-refractivity contribution in [3.63, 3.8) is 0 Å². The van der Waals surface area contributed by atoms with Gasteiger partial charge < -0.3 is 19.4 Å². The molecule has 1 aliphatic rings. The van der Waals surface area contributed by atoms with E-state index in [1.807, 2.05) is 0 Å². The van der Waals surface area contributed by atoms with Crippen LogP contribution in [0, 0.1) is 5.82 Å². The molecule has 1 atom stereocenters. The molecule has 8 nitrogen and oxygen atoms in total. The van der Waals surface area contributed by atoms with Gasteiger partial charge in [0.25, 0.3) is 5.56 Å². The van der Waals surface area contributed by atoms with Crippen molar-refractivity contribution in [2.45, 2.75) is 19.9 Å². The van der Waals surface area contributed by atoms with Gasteiger partial charge in [-0.3, -0.25) is 9.36 Å². The minimum absolute atomic E-state index is 0.145. The number of thiazole rings is 1. The number of hydrogen-bond acceptors (Lipinski definition) is 8. The van der Waals surface area contributed by atoms with E-state index in [2.05, 4.69) is 4.99 Å². The van der Waals surface area contributed by atoms with Crippen LogP contribution in [0.2, 0.25) is 0 Å². The van der Waals surface area contributed by atoms with Gasteiger partial charge in [-0.1, -0.05) is 35.6 Å². The Hall–Kier alpha value is -4.05. The highest BCUT2D eigenvalue weighted by molar-refractivity contribution is 7.07. The monoisotopic (exact) mass is 495 g/mol. The Morgan fingerprint density at radius 2 is 1.97 bits per heavy atom. The van der Waals surface area contributed by atoms with E-state index < -0.39 is 36.0 Å². The van der Waals surface area contributed by atoms with Gasteiger partial charge in [-0.05, 0) is 55.3 Å². The van der Waals surface area contributed by atoms with E-state index in [1.165, 1.54) is 28.8 Å². The summed E-state index contributed by atoms with van der Waals surface area (Å²) >= 11 is 1.14. The van der Waals surface area contributed by atoms with Crippen molar-refractivity contribution in [3.05, 3.63) is 96.4 Å². The second kappa shape index (κ2) is 10.1. The molecule has 1 aromatic heterocycles. The summed E-state index contributed by atoms with van der Waals surface area (Å²) in [6.07, 6.45) is 1.63. The van der Waals surface area contributed by atoms with Crippen molar-refractivity contribution in [1.29, 1.82) is 0 Å². The molecule has 0 unspecified atom stereocenters. The topological polar surface area (TPSA) is 110 Å². The lowest BCUT2D eigenvalue weighted by molar-refractivity contribution is -0.307. The highest BCUT2D eigenvalue weighted by atomic mass is 32.1. The number of esters is 1. The van der Waals surface area contributed by atoms with Crippen molar-refractivity contribution in [3.8, 4) is 5.75 Å². The Balaban J connectivity index is 1.85. The number of hydrogen-bond donors (Lipinski definition) is 0. The Morgan fingerprint density at radius 1 is 1.23 bits per heavy atom. The number of fused-ring (bicyclic) bond motifs is 1. The molecule has 1 aliphatic heterocycles. The molecule has 35 heavy (non-hydrogen) atoms. The third-order valence-electron chi connectivity index (χ3n) is 5.22. The number of allylic oxidation sites excluding steroid dienone is 1. The highest BCUT2D eigenvalue weighted by Gasteiger charge is 2.33. The smallest absolute Gasteiger partial charge is 0.338 e. The van der Waals surface area contributed by atoms with Crippen LogP contribution in [-0.2, 0) is 14.3 Å². The third-order valence-corrected chi connectivity index (χ3v) is 6.20. The minimum atomic E-state index is -1.35. The first-order valence-electron chi connectivity index (χ1n) is 10.7. The Bertz CT molecular complexity index is 1500. The van der Waals surface area contributed by atoms with E-state index in [4.69, 9.17) is 9.47 Å². The van der Waals surface area contributed by atoms with Crippen LogP contribution >= 0.6 is 11.3 Å². The Morgan fingerprint density at radius 3 is 2.66 bits per heavy atom. The second-order valence-corrected chi connectivity index (χ2v) is 8.60. The normalized spacial score (nSPS) is 15.4. The van der Waals surface area contributed by atoms with Gasteiger partial charge in [0.1, 0.15) is 18.2 Å². The van der Waals surface area contributed by atoms with Crippen LogP contribution in [0.15, 0.2) is 69.6 Å². The van der Waals surface area contributed by atoms with Crippen molar-refractivity contribution in [2.75, 3.05) is 13.2 Å². The largest absolute Gasteiger partial charge is 0.546 e. The number of aliphatic carboxylic acids is 1. The van der Waals surface area contributed by atoms with Crippen LogP contribution in [0.1, 0.15) is 31.0 Å². The third kappa shape index (κ3) is 5.07. The number of ether oxygens (including phenoxy) is 2.